The van der Waals surface area contributed by atoms with Crippen LogP contribution in [0.5, 0.6) is 0 Å². The fourth-order valence-electron chi connectivity index (χ4n) is 2.11. The van der Waals surface area contributed by atoms with Crippen molar-refractivity contribution < 1.29 is 4.42 Å². The van der Waals surface area contributed by atoms with Crippen molar-refractivity contribution in [3.8, 4) is 0 Å². The van der Waals surface area contributed by atoms with Crippen LogP contribution in [0.4, 0.5) is 0 Å². The van der Waals surface area contributed by atoms with Crippen LogP contribution >= 0.6 is 15.9 Å². The molecule has 1 aromatic rings. The Morgan fingerprint density at radius 2 is 2.50 bits per heavy atom. The summed E-state index contributed by atoms with van der Waals surface area (Å²) in [4.78, 5) is 2.36. The van der Waals surface area contributed by atoms with E-state index < -0.39 is 0 Å². The number of hydrogen-bond donors (Lipinski definition) is 1. The van der Waals surface area contributed by atoms with Gasteiger partial charge in [0.1, 0.15) is 5.76 Å². The quantitative estimate of drug-likeness (QED) is 0.884. The molecule has 0 bridgehead atoms. The average molecular weight is 259 g/mol. The van der Waals surface area contributed by atoms with Crippen LogP contribution in [0.25, 0.3) is 0 Å². The maximum Gasteiger partial charge on any atom is 0.136 e. The van der Waals surface area contributed by atoms with Gasteiger partial charge in [-0.05, 0) is 35.0 Å². The Morgan fingerprint density at radius 1 is 1.71 bits per heavy atom. The van der Waals surface area contributed by atoms with Crippen LogP contribution < -0.4 is 5.73 Å². The van der Waals surface area contributed by atoms with Crippen LogP contribution in [-0.4, -0.2) is 24.0 Å². The Balaban J connectivity index is 2.27. The normalized spacial score (nSPS) is 28.5. The van der Waals surface area contributed by atoms with E-state index in [4.69, 9.17) is 10.2 Å². The summed E-state index contributed by atoms with van der Waals surface area (Å²) in [6, 6.07) is 2.36. The van der Waals surface area contributed by atoms with E-state index in [1.807, 2.05) is 6.07 Å². The van der Waals surface area contributed by atoms with Gasteiger partial charge in [-0.3, -0.25) is 4.90 Å². The molecule has 0 radical (unpaired) electrons. The van der Waals surface area contributed by atoms with Gasteiger partial charge in [-0.25, -0.2) is 0 Å². The fraction of sp³-hybridized carbons (Fsp3) is 0.600. The predicted molar refractivity (Wildman–Crippen MR) is 59.0 cm³/mol. The standard InChI is InChI=1S/C10H15BrN2O/c1-2-13-5-3-8(12)9(13)10-7(11)4-6-14-10/h4,6,8-9H,2-3,5,12H2,1H3. The highest BCUT2D eigenvalue weighted by molar-refractivity contribution is 9.10. The Labute approximate surface area is 92.4 Å². The Bertz CT molecular complexity index is 313. The minimum Gasteiger partial charge on any atom is -0.466 e. The molecule has 2 unspecified atom stereocenters. The van der Waals surface area contributed by atoms with Crippen LogP contribution in [0, 0.1) is 0 Å². The minimum absolute atomic E-state index is 0.192. The van der Waals surface area contributed by atoms with E-state index in [1.165, 1.54) is 0 Å². The summed E-state index contributed by atoms with van der Waals surface area (Å²) >= 11 is 3.48. The molecule has 0 amide bonds. The molecule has 2 heterocycles. The van der Waals surface area contributed by atoms with E-state index in [9.17, 15) is 0 Å². The lowest BCUT2D eigenvalue weighted by Gasteiger charge is -2.23. The number of rotatable bonds is 2. The number of hydrogen-bond acceptors (Lipinski definition) is 3. The monoisotopic (exact) mass is 258 g/mol. The molecular weight excluding hydrogens is 244 g/mol. The molecule has 0 aliphatic carbocycles. The van der Waals surface area contributed by atoms with Gasteiger partial charge in [-0.1, -0.05) is 6.92 Å². The van der Waals surface area contributed by atoms with E-state index in [0.29, 0.717) is 0 Å². The molecule has 1 fully saturated rings. The third-order valence-corrected chi connectivity index (χ3v) is 3.52. The smallest absolute Gasteiger partial charge is 0.136 e. The second-order valence-electron chi connectivity index (χ2n) is 3.66. The summed E-state index contributed by atoms with van der Waals surface area (Å²) in [5, 5.41) is 0. The maximum absolute atomic E-state index is 6.08. The molecule has 3 nitrogen and oxygen atoms in total. The molecule has 1 aliphatic heterocycles. The molecule has 1 aliphatic rings. The van der Waals surface area contributed by atoms with E-state index in [2.05, 4.69) is 27.8 Å². The first kappa shape index (κ1) is 10.2. The van der Waals surface area contributed by atoms with E-state index >= 15 is 0 Å². The van der Waals surface area contributed by atoms with E-state index in [0.717, 1.165) is 29.7 Å². The van der Waals surface area contributed by atoms with Crippen molar-refractivity contribution in [1.29, 1.82) is 0 Å². The van der Waals surface area contributed by atoms with Crippen LogP contribution in [0.1, 0.15) is 25.1 Å². The molecule has 0 saturated carbocycles. The minimum atomic E-state index is 0.192. The van der Waals surface area contributed by atoms with Crippen molar-refractivity contribution in [3.63, 3.8) is 0 Å². The van der Waals surface area contributed by atoms with Crippen molar-refractivity contribution in [2.45, 2.75) is 25.4 Å². The summed E-state index contributed by atoms with van der Waals surface area (Å²) in [5.41, 5.74) is 6.08. The summed E-state index contributed by atoms with van der Waals surface area (Å²) in [6.07, 6.45) is 2.75. The second-order valence-corrected chi connectivity index (χ2v) is 4.51. The zero-order chi connectivity index (χ0) is 10.1. The Hall–Kier alpha value is -0.320. The van der Waals surface area contributed by atoms with Crippen molar-refractivity contribution in [2.24, 2.45) is 5.73 Å². The lowest BCUT2D eigenvalue weighted by molar-refractivity contribution is 0.228. The van der Waals surface area contributed by atoms with Gasteiger partial charge in [0, 0.05) is 12.6 Å². The number of nitrogens with two attached hydrogens (primary N) is 1. The fourth-order valence-corrected chi connectivity index (χ4v) is 2.55. The first-order chi connectivity index (χ1) is 6.74. The molecule has 0 aromatic carbocycles. The molecule has 14 heavy (non-hydrogen) atoms. The SMILES string of the molecule is CCN1CCC(N)C1c1occc1Br. The average Bonchev–Trinajstić information content (AvgIpc) is 2.72. The molecule has 1 saturated heterocycles. The highest BCUT2D eigenvalue weighted by Gasteiger charge is 2.35. The maximum atomic E-state index is 6.08. The summed E-state index contributed by atoms with van der Waals surface area (Å²) in [5.74, 6) is 0.969. The van der Waals surface area contributed by atoms with Crippen LogP contribution in [0.3, 0.4) is 0 Å². The molecule has 1 aromatic heterocycles. The molecule has 78 valence electrons. The number of nitrogens with zero attached hydrogens (tertiary/aromatic N) is 1. The Kier molecular flexibility index (Phi) is 2.95. The lowest BCUT2D eigenvalue weighted by Crippen LogP contribution is -2.31. The lowest BCUT2D eigenvalue weighted by atomic mass is 10.1. The number of likely N-dealkylation sites (N-methyl/N-ethyl adjacent to an activating group) is 1. The highest BCUT2D eigenvalue weighted by Crippen LogP contribution is 2.35. The van der Waals surface area contributed by atoms with Gasteiger partial charge in [-0.15, -0.1) is 0 Å². The van der Waals surface area contributed by atoms with Gasteiger partial charge in [0.2, 0.25) is 0 Å². The molecule has 2 atom stereocenters. The van der Waals surface area contributed by atoms with E-state index in [-0.39, 0.29) is 12.1 Å². The largest absolute Gasteiger partial charge is 0.466 e. The topological polar surface area (TPSA) is 42.4 Å². The predicted octanol–water partition coefficient (Wildman–Crippen LogP) is 2.14. The van der Waals surface area contributed by atoms with Crippen molar-refractivity contribution in [2.75, 3.05) is 13.1 Å². The van der Waals surface area contributed by atoms with Crippen LogP contribution in [-0.2, 0) is 0 Å². The number of halogens is 1. The Morgan fingerprint density at radius 3 is 3.07 bits per heavy atom. The van der Waals surface area contributed by atoms with Gasteiger partial charge < -0.3 is 10.2 Å². The molecule has 4 heteroatoms. The van der Waals surface area contributed by atoms with E-state index in [1.54, 1.807) is 6.26 Å². The zero-order valence-electron chi connectivity index (χ0n) is 8.24. The van der Waals surface area contributed by atoms with Gasteiger partial charge in [0.15, 0.2) is 0 Å². The highest BCUT2D eigenvalue weighted by atomic mass is 79.9. The zero-order valence-corrected chi connectivity index (χ0v) is 9.83. The van der Waals surface area contributed by atoms with Crippen molar-refractivity contribution in [3.05, 3.63) is 22.6 Å². The second kappa shape index (κ2) is 4.04. The number of likely N-dealkylation sites (tertiary alicyclic amines) is 1. The first-order valence-corrected chi connectivity index (χ1v) is 5.76. The van der Waals surface area contributed by atoms with Gasteiger partial charge in [-0.2, -0.15) is 0 Å². The van der Waals surface area contributed by atoms with Crippen LogP contribution in [0.15, 0.2) is 21.2 Å². The first-order valence-electron chi connectivity index (χ1n) is 4.96. The van der Waals surface area contributed by atoms with Crippen molar-refractivity contribution in [1.82, 2.24) is 4.90 Å². The summed E-state index contributed by atoms with van der Waals surface area (Å²) in [6.45, 7) is 4.24. The third-order valence-electron chi connectivity index (χ3n) is 2.87. The number of furan rings is 1. The third kappa shape index (κ3) is 1.62. The van der Waals surface area contributed by atoms with Crippen LogP contribution in [0.2, 0.25) is 0 Å². The molecular formula is C10H15BrN2O. The van der Waals surface area contributed by atoms with Gasteiger partial charge in [0.05, 0.1) is 16.8 Å². The molecule has 2 rings (SSSR count). The van der Waals surface area contributed by atoms with Gasteiger partial charge >= 0.3 is 0 Å². The molecule has 2 N–H and O–H groups in total. The van der Waals surface area contributed by atoms with Crippen molar-refractivity contribution >= 4 is 15.9 Å². The summed E-state index contributed by atoms with van der Waals surface area (Å²) < 4.78 is 6.51. The summed E-state index contributed by atoms with van der Waals surface area (Å²) in [7, 11) is 0. The van der Waals surface area contributed by atoms with Gasteiger partial charge in [0.25, 0.3) is 0 Å². The molecule has 0 spiro atoms.